The zero-order valence-electron chi connectivity index (χ0n) is 7.82. The van der Waals surface area contributed by atoms with Gasteiger partial charge in [-0.25, -0.2) is 9.69 Å². The first-order valence-electron chi connectivity index (χ1n) is 4.15. The molecule has 1 aliphatic heterocycles. The van der Waals surface area contributed by atoms with E-state index in [0.717, 1.165) is 6.42 Å². The van der Waals surface area contributed by atoms with Gasteiger partial charge in [0, 0.05) is 25.7 Å². The first kappa shape index (κ1) is 9.62. The van der Waals surface area contributed by atoms with Gasteiger partial charge < -0.3 is 10.6 Å². The first-order valence-corrected chi connectivity index (χ1v) is 4.15. The molecule has 0 bridgehead atoms. The smallest absolute Gasteiger partial charge is 0.308 e. The molecule has 0 aliphatic carbocycles. The van der Waals surface area contributed by atoms with Crippen LogP contribution >= 0.6 is 0 Å². The van der Waals surface area contributed by atoms with Gasteiger partial charge in [0.05, 0.1) is 0 Å². The van der Waals surface area contributed by atoms with Gasteiger partial charge in [0.15, 0.2) is 0 Å². The fraction of sp³-hybridized carbons (Fsp3) is 0.444. The lowest BCUT2D eigenvalue weighted by molar-refractivity contribution is 0.179. The predicted octanol–water partition coefficient (Wildman–Crippen LogP) is 0.523. The number of carbonyl (C=O) groups excluding carboxylic acids is 1. The largest absolute Gasteiger partial charge is 0.337 e. The SMILES string of the molecule is CCC#CN1C=CC(N)N(C)C1=O. The number of carbonyl (C=O) groups is 1. The number of hydrogen-bond donors (Lipinski definition) is 1. The van der Waals surface area contributed by atoms with Crippen LogP contribution in [0.3, 0.4) is 0 Å². The average molecular weight is 179 g/mol. The van der Waals surface area contributed by atoms with E-state index in [9.17, 15) is 4.79 Å². The normalized spacial score (nSPS) is 21.5. The summed E-state index contributed by atoms with van der Waals surface area (Å²) in [6.07, 6.45) is 3.72. The van der Waals surface area contributed by atoms with Gasteiger partial charge in [-0.3, -0.25) is 0 Å². The van der Waals surface area contributed by atoms with Gasteiger partial charge in [-0.15, -0.1) is 0 Å². The van der Waals surface area contributed by atoms with Crippen LogP contribution in [0.5, 0.6) is 0 Å². The van der Waals surface area contributed by atoms with Gasteiger partial charge >= 0.3 is 6.03 Å². The summed E-state index contributed by atoms with van der Waals surface area (Å²) in [5.74, 6) is 2.82. The van der Waals surface area contributed by atoms with E-state index in [1.54, 1.807) is 19.3 Å². The lowest BCUT2D eigenvalue weighted by atomic mass is 10.3. The molecule has 4 nitrogen and oxygen atoms in total. The second-order valence-corrected chi connectivity index (χ2v) is 2.74. The van der Waals surface area contributed by atoms with E-state index in [1.807, 2.05) is 6.92 Å². The molecular weight excluding hydrogens is 166 g/mol. The summed E-state index contributed by atoms with van der Waals surface area (Å²) in [5.41, 5.74) is 5.60. The summed E-state index contributed by atoms with van der Waals surface area (Å²) >= 11 is 0. The van der Waals surface area contributed by atoms with Crippen molar-refractivity contribution in [3.63, 3.8) is 0 Å². The molecule has 2 N–H and O–H groups in total. The standard InChI is InChI=1S/C9H13N3O/c1-3-4-6-12-7-5-8(10)11(2)9(12)13/h5,7-8H,3,10H2,1-2H3. The lowest BCUT2D eigenvalue weighted by Gasteiger charge is -2.29. The Labute approximate surface area is 78.0 Å². The quantitative estimate of drug-likeness (QED) is 0.551. The maximum absolute atomic E-state index is 11.5. The molecule has 1 unspecified atom stereocenters. The average Bonchev–Trinajstić information content (AvgIpc) is 2.13. The number of rotatable bonds is 0. The first-order chi connectivity index (χ1) is 6.16. The Morgan fingerprint density at radius 1 is 1.69 bits per heavy atom. The van der Waals surface area contributed by atoms with Crippen molar-refractivity contribution < 1.29 is 4.79 Å². The Kier molecular flexibility index (Phi) is 2.93. The van der Waals surface area contributed by atoms with E-state index in [2.05, 4.69) is 12.0 Å². The van der Waals surface area contributed by atoms with E-state index in [4.69, 9.17) is 5.73 Å². The van der Waals surface area contributed by atoms with Crippen molar-refractivity contribution in [1.29, 1.82) is 0 Å². The molecule has 0 spiro atoms. The van der Waals surface area contributed by atoms with Crippen LogP contribution in [0.1, 0.15) is 13.3 Å². The zero-order valence-corrected chi connectivity index (χ0v) is 7.82. The molecule has 0 saturated carbocycles. The predicted molar refractivity (Wildman–Crippen MR) is 50.2 cm³/mol. The van der Waals surface area contributed by atoms with Crippen LogP contribution in [0.2, 0.25) is 0 Å². The molecule has 0 aromatic rings. The number of hydrogen-bond acceptors (Lipinski definition) is 2. The summed E-state index contributed by atoms with van der Waals surface area (Å²) < 4.78 is 0. The molecule has 0 aromatic carbocycles. The van der Waals surface area contributed by atoms with Crippen LogP contribution in [0.25, 0.3) is 0 Å². The van der Waals surface area contributed by atoms with E-state index in [-0.39, 0.29) is 12.2 Å². The van der Waals surface area contributed by atoms with E-state index in [0.29, 0.717) is 0 Å². The molecule has 0 aromatic heterocycles. The topological polar surface area (TPSA) is 49.6 Å². The molecular formula is C9H13N3O. The van der Waals surface area contributed by atoms with E-state index >= 15 is 0 Å². The fourth-order valence-corrected chi connectivity index (χ4v) is 0.914. The van der Waals surface area contributed by atoms with Crippen LogP contribution in [0.15, 0.2) is 12.3 Å². The van der Waals surface area contributed by atoms with Crippen molar-refractivity contribution >= 4 is 6.03 Å². The monoisotopic (exact) mass is 179 g/mol. The number of amides is 2. The van der Waals surface area contributed by atoms with Gasteiger partial charge in [-0.2, -0.15) is 0 Å². The van der Waals surface area contributed by atoms with Crippen molar-refractivity contribution in [2.45, 2.75) is 19.5 Å². The van der Waals surface area contributed by atoms with Crippen molar-refractivity contribution in [2.24, 2.45) is 5.73 Å². The third-order valence-electron chi connectivity index (χ3n) is 1.76. The summed E-state index contributed by atoms with van der Waals surface area (Å²) in [6, 6.07) is 2.54. The van der Waals surface area contributed by atoms with Gasteiger partial charge in [0.25, 0.3) is 0 Å². The second kappa shape index (κ2) is 3.97. The second-order valence-electron chi connectivity index (χ2n) is 2.74. The van der Waals surface area contributed by atoms with E-state index < -0.39 is 0 Å². The van der Waals surface area contributed by atoms with Crippen molar-refractivity contribution in [3.8, 4) is 12.0 Å². The Hall–Kier alpha value is -1.47. The highest BCUT2D eigenvalue weighted by Crippen LogP contribution is 2.06. The van der Waals surface area contributed by atoms with Gasteiger partial charge in [0.1, 0.15) is 6.17 Å². The lowest BCUT2D eigenvalue weighted by Crippen LogP contribution is -2.49. The number of likely N-dealkylation sites (N-methyl/N-ethyl adjacent to an activating group) is 1. The number of nitrogens with two attached hydrogens (primary N) is 1. The van der Waals surface area contributed by atoms with Crippen molar-refractivity contribution in [1.82, 2.24) is 9.80 Å². The highest BCUT2D eigenvalue weighted by molar-refractivity contribution is 5.78. The van der Waals surface area contributed by atoms with Gasteiger partial charge in [-0.1, -0.05) is 12.8 Å². The molecule has 70 valence electrons. The van der Waals surface area contributed by atoms with Crippen LogP contribution in [0, 0.1) is 12.0 Å². The number of urea groups is 1. The van der Waals surface area contributed by atoms with Gasteiger partial charge in [0.2, 0.25) is 0 Å². The fourth-order valence-electron chi connectivity index (χ4n) is 0.914. The molecule has 0 saturated heterocycles. The Bertz CT molecular complexity index is 287. The molecule has 1 aliphatic rings. The van der Waals surface area contributed by atoms with Crippen molar-refractivity contribution in [3.05, 3.63) is 12.3 Å². The highest BCUT2D eigenvalue weighted by Gasteiger charge is 2.22. The summed E-state index contributed by atoms with van der Waals surface area (Å²) in [5, 5.41) is 0. The Morgan fingerprint density at radius 3 is 3.00 bits per heavy atom. The molecule has 1 rings (SSSR count). The zero-order chi connectivity index (χ0) is 9.84. The van der Waals surface area contributed by atoms with Crippen LogP contribution in [0.4, 0.5) is 4.79 Å². The molecule has 0 fully saturated rings. The minimum Gasteiger partial charge on any atom is -0.308 e. The molecule has 1 atom stereocenters. The van der Waals surface area contributed by atoms with Crippen LogP contribution in [-0.4, -0.2) is 29.0 Å². The minimum absolute atomic E-state index is 0.184. The third-order valence-corrected chi connectivity index (χ3v) is 1.76. The maximum atomic E-state index is 11.5. The summed E-state index contributed by atoms with van der Waals surface area (Å²) in [7, 11) is 1.65. The summed E-state index contributed by atoms with van der Waals surface area (Å²) in [4.78, 5) is 14.2. The molecule has 13 heavy (non-hydrogen) atoms. The van der Waals surface area contributed by atoms with Crippen LogP contribution in [-0.2, 0) is 0 Å². The van der Waals surface area contributed by atoms with Crippen molar-refractivity contribution in [2.75, 3.05) is 7.05 Å². The van der Waals surface area contributed by atoms with Crippen LogP contribution < -0.4 is 5.73 Å². The third kappa shape index (κ3) is 2.01. The Morgan fingerprint density at radius 2 is 2.38 bits per heavy atom. The molecule has 0 radical (unpaired) electrons. The molecule has 1 heterocycles. The molecule has 2 amide bonds. The molecule has 4 heteroatoms. The minimum atomic E-state index is -0.341. The van der Waals surface area contributed by atoms with Gasteiger partial charge in [-0.05, 0) is 6.08 Å². The maximum Gasteiger partial charge on any atom is 0.337 e. The Balaban J connectivity index is 2.79. The van der Waals surface area contributed by atoms with E-state index in [1.165, 1.54) is 9.80 Å². The highest BCUT2D eigenvalue weighted by atomic mass is 16.2. The number of nitrogens with zero attached hydrogens (tertiary/aromatic N) is 2. The summed E-state index contributed by atoms with van der Waals surface area (Å²) in [6.45, 7) is 1.93.